The molecule has 4 rings (SSSR count). The Kier molecular flexibility index (Phi) is 6.95. The molecule has 0 radical (unpaired) electrons. The van der Waals surface area contributed by atoms with E-state index in [0.717, 1.165) is 24.9 Å². The molecule has 8 nitrogen and oxygen atoms in total. The van der Waals surface area contributed by atoms with Crippen molar-refractivity contribution in [1.82, 2.24) is 9.80 Å². The fourth-order valence-electron chi connectivity index (χ4n) is 5.33. The van der Waals surface area contributed by atoms with Crippen molar-refractivity contribution in [2.24, 2.45) is 5.92 Å². The maximum absolute atomic E-state index is 13.8. The summed E-state index contributed by atoms with van der Waals surface area (Å²) in [6.45, 7) is 1.33. The van der Waals surface area contributed by atoms with Crippen molar-refractivity contribution < 1.29 is 28.5 Å². The molecule has 1 aromatic carbocycles. The monoisotopic (exact) mass is 458 g/mol. The van der Waals surface area contributed by atoms with Gasteiger partial charge in [0.25, 0.3) is 5.91 Å². The van der Waals surface area contributed by atoms with Crippen LogP contribution in [0, 0.1) is 5.92 Å². The van der Waals surface area contributed by atoms with E-state index in [1.54, 1.807) is 26.2 Å². The lowest BCUT2D eigenvalue weighted by atomic mass is 9.76. The summed E-state index contributed by atoms with van der Waals surface area (Å²) >= 11 is 0. The van der Waals surface area contributed by atoms with Crippen LogP contribution in [0.4, 0.5) is 0 Å². The number of methoxy groups -OCH3 is 3. The van der Waals surface area contributed by atoms with E-state index in [0.29, 0.717) is 36.5 Å². The van der Waals surface area contributed by atoms with Gasteiger partial charge >= 0.3 is 0 Å². The van der Waals surface area contributed by atoms with Crippen LogP contribution in [-0.2, 0) is 19.1 Å². The summed E-state index contributed by atoms with van der Waals surface area (Å²) in [5.41, 5.74) is 1.19. The fraction of sp³-hybridized carbons (Fsp3) is 0.600. The van der Waals surface area contributed by atoms with Gasteiger partial charge in [-0.2, -0.15) is 0 Å². The van der Waals surface area contributed by atoms with Crippen LogP contribution in [0.2, 0.25) is 0 Å². The number of ketones is 1. The van der Waals surface area contributed by atoms with Crippen molar-refractivity contribution in [3.05, 3.63) is 35.1 Å². The average Bonchev–Trinajstić information content (AvgIpc) is 3.09. The van der Waals surface area contributed by atoms with Gasteiger partial charge in [0.2, 0.25) is 0 Å². The van der Waals surface area contributed by atoms with Crippen LogP contribution in [0.5, 0.6) is 11.5 Å². The highest BCUT2D eigenvalue weighted by atomic mass is 16.5. The number of rotatable bonds is 8. The van der Waals surface area contributed by atoms with Gasteiger partial charge in [0.05, 0.1) is 37.9 Å². The first-order valence-corrected chi connectivity index (χ1v) is 11.6. The van der Waals surface area contributed by atoms with Gasteiger partial charge in [-0.25, -0.2) is 0 Å². The van der Waals surface area contributed by atoms with Gasteiger partial charge in [-0.15, -0.1) is 0 Å². The molecule has 1 amide bonds. The second-order valence-electron chi connectivity index (χ2n) is 9.18. The van der Waals surface area contributed by atoms with Crippen LogP contribution in [0.25, 0.3) is 0 Å². The molecular weight excluding hydrogens is 424 g/mol. The second-order valence-corrected chi connectivity index (χ2v) is 9.18. The predicted octanol–water partition coefficient (Wildman–Crippen LogP) is 2.58. The van der Waals surface area contributed by atoms with E-state index in [1.807, 2.05) is 32.3 Å². The number of para-hydroxylation sites is 1. The van der Waals surface area contributed by atoms with Gasteiger partial charge in [0, 0.05) is 25.6 Å². The zero-order chi connectivity index (χ0) is 23.7. The molecule has 180 valence electrons. The Labute approximate surface area is 195 Å². The summed E-state index contributed by atoms with van der Waals surface area (Å²) in [5, 5.41) is 0. The number of amides is 1. The van der Waals surface area contributed by atoms with E-state index in [4.69, 9.17) is 18.9 Å². The fourth-order valence-corrected chi connectivity index (χ4v) is 5.33. The molecule has 4 unspecified atom stereocenters. The third-order valence-electron chi connectivity index (χ3n) is 6.97. The van der Waals surface area contributed by atoms with Gasteiger partial charge in [-0.05, 0) is 46.0 Å². The van der Waals surface area contributed by atoms with Gasteiger partial charge in [-0.3, -0.25) is 9.59 Å². The zero-order valence-corrected chi connectivity index (χ0v) is 20.1. The standard InChI is InChI=1S/C25H34N2O6/c1-26(2)12-7-13-27-21(17-8-6-9-18(31-4)23(17)32-5)20-22(28)16-11-10-15(30-3)14-19(16)33-24(20)25(27)29/h6,8-9,15-16,19,21H,7,10-14H2,1-5H3. The largest absolute Gasteiger partial charge is 0.493 e. The number of ether oxygens (including phenoxy) is 4. The minimum absolute atomic E-state index is 0.00846. The highest BCUT2D eigenvalue weighted by molar-refractivity contribution is 6.11. The average molecular weight is 459 g/mol. The number of fused-ring (bicyclic) bond motifs is 1. The third-order valence-corrected chi connectivity index (χ3v) is 6.97. The molecule has 0 N–H and O–H groups in total. The smallest absolute Gasteiger partial charge is 0.290 e. The Bertz CT molecular complexity index is 943. The van der Waals surface area contributed by atoms with Crippen LogP contribution in [-0.4, -0.2) is 82.2 Å². The number of carbonyl (C=O) groups excluding carboxylic acids is 2. The summed E-state index contributed by atoms with van der Waals surface area (Å²) in [5.74, 6) is 0.801. The maximum atomic E-state index is 13.8. The molecule has 1 fully saturated rings. The molecule has 0 spiro atoms. The van der Waals surface area contributed by atoms with Crippen LogP contribution in [0.3, 0.4) is 0 Å². The molecule has 1 aromatic rings. The molecule has 3 aliphatic rings. The number of carbonyl (C=O) groups is 2. The lowest BCUT2D eigenvalue weighted by molar-refractivity contribution is -0.138. The highest BCUT2D eigenvalue weighted by Crippen LogP contribution is 2.50. The SMILES string of the molecule is COc1cccc(C2C3=C(OC4CC(OC)CCC4C3=O)C(=O)N2CCCN(C)C)c1OC. The number of hydrogen-bond acceptors (Lipinski definition) is 7. The molecule has 0 aromatic heterocycles. The summed E-state index contributed by atoms with van der Waals surface area (Å²) in [4.78, 5) is 31.2. The Morgan fingerprint density at radius 3 is 2.58 bits per heavy atom. The minimum atomic E-state index is -0.562. The molecule has 1 saturated carbocycles. The lowest BCUT2D eigenvalue weighted by Gasteiger charge is -2.38. The number of nitrogens with zero attached hydrogens (tertiary/aromatic N) is 2. The van der Waals surface area contributed by atoms with Crippen molar-refractivity contribution in [2.45, 2.75) is 43.9 Å². The Morgan fingerprint density at radius 2 is 1.91 bits per heavy atom. The van der Waals surface area contributed by atoms with Crippen LogP contribution in [0.1, 0.15) is 37.3 Å². The van der Waals surface area contributed by atoms with Crippen molar-refractivity contribution >= 4 is 11.7 Å². The van der Waals surface area contributed by atoms with Crippen molar-refractivity contribution in [3.63, 3.8) is 0 Å². The lowest BCUT2D eigenvalue weighted by Crippen LogP contribution is -2.43. The second kappa shape index (κ2) is 9.73. The molecule has 1 aliphatic carbocycles. The van der Waals surface area contributed by atoms with E-state index in [-0.39, 0.29) is 35.6 Å². The van der Waals surface area contributed by atoms with Crippen molar-refractivity contribution in [2.75, 3.05) is 48.5 Å². The highest BCUT2D eigenvalue weighted by Gasteiger charge is 2.53. The van der Waals surface area contributed by atoms with Crippen molar-refractivity contribution in [1.29, 1.82) is 0 Å². The Morgan fingerprint density at radius 1 is 1.12 bits per heavy atom. The Balaban J connectivity index is 1.76. The van der Waals surface area contributed by atoms with Crippen LogP contribution >= 0.6 is 0 Å². The van der Waals surface area contributed by atoms with E-state index in [9.17, 15) is 9.59 Å². The summed E-state index contributed by atoms with van der Waals surface area (Å²) in [6, 6.07) is 5.01. The first-order valence-electron chi connectivity index (χ1n) is 11.6. The minimum Gasteiger partial charge on any atom is -0.493 e. The van der Waals surface area contributed by atoms with E-state index >= 15 is 0 Å². The van der Waals surface area contributed by atoms with Gasteiger partial charge in [0.15, 0.2) is 23.0 Å². The Hall–Kier alpha value is -2.58. The number of hydrogen-bond donors (Lipinski definition) is 0. The van der Waals surface area contributed by atoms with Gasteiger partial charge in [-0.1, -0.05) is 12.1 Å². The van der Waals surface area contributed by atoms with Crippen LogP contribution < -0.4 is 9.47 Å². The first-order chi connectivity index (χ1) is 15.9. The molecule has 2 heterocycles. The maximum Gasteiger partial charge on any atom is 0.290 e. The van der Waals surface area contributed by atoms with Crippen LogP contribution in [0.15, 0.2) is 29.5 Å². The topological polar surface area (TPSA) is 77.5 Å². The molecule has 8 heteroatoms. The van der Waals surface area contributed by atoms with E-state index < -0.39 is 6.04 Å². The molecule has 2 aliphatic heterocycles. The summed E-state index contributed by atoms with van der Waals surface area (Å²) < 4.78 is 23.0. The normalized spacial score (nSPS) is 26.9. The molecule has 0 bridgehead atoms. The predicted molar refractivity (Wildman–Crippen MR) is 122 cm³/mol. The number of benzene rings is 1. The quantitative estimate of drug-likeness (QED) is 0.593. The van der Waals surface area contributed by atoms with E-state index in [2.05, 4.69) is 4.90 Å². The number of Topliss-reactive ketones (excluding diaryl/α,β-unsaturated/α-hetero) is 1. The third kappa shape index (κ3) is 4.22. The molecule has 33 heavy (non-hydrogen) atoms. The van der Waals surface area contributed by atoms with E-state index in [1.165, 1.54) is 0 Å². The summed E-state index contributed by atoms with van der Waals surface area (Å²) in [6.07, 6.45) is 2.61. The van der Waals surface area contributed by atoms with Gasteiger partial charge in [0.1, 0.15) is 6.10 Å². The van der Waals surface area contributed by atoms with Gasteiger partial charge < -0.3 is 28.7 Å². The summed E-state index contributed by atoms with van der Waals surface area (Å²) in [7, 11) is 8.83. The first kappa shape index (κ1) is 23.6. The molecular formula is C25H34N2O6. The molecule has 0 saturated heterocycles. The van der Waals surface area contributed by atoms with Crippen molar-refractivity contribution in [3.8, 4) is 11.5 Å². The zero-order valence-electron chi connectivity index (χ0n) is 20.1. The molecule has 4 atom stereocenters.